The first-order valence-electron chi connectivity index (χ1n) is 5.39. The van der Waals surface area contributed by atoms with Gasteiger partial charge in [0.05, 0.1) is 5.69 Å². The highest BCUT2D eigenvalue weighted by atomic mass is 32.2. The van der Waals surface area contributed by atoms with E-state index in [9.17, 15) is 8.42 Å². The minimum atomic E-state index is -3.72. The number of hydrogen-bond acceptors (Lipinski definition) is 4. The first-order valence-corrected chi connectivity index (χ1v) is 7.93. The molecule has 1 unspecified atom stereocenters. The Hall–Kier alpha value is -0.720. The summed E-state index contributed by atoms with van der Waals surface area (Å²) in [6.07, 6.45) is 1.12. The molecule has 1 atom stereocenters. The lowest BCUT2D eigenvalue weighted by atomic mass is 10.2. The summed E-state index contributed by atoms with van der Waals surface area (Å²) in [5.41, 5.74) is 5.88. The van der Waals surface area contributed by atoms with E-state index in [0.29, 0.717) is 5.92 Å². The van der Waals surface area contributed by atoms with Crippen LogP contribution in [0.25, 0.3) is 0 Å². The molecule has 0 spiro atoms. The summed E-state index contributed by atoms with van der Waals surface area (Å²) in [5, 5.41) is 5.04. The maximum absolute atomic E-state index is 11.2. The van der Waals surface area contributed by atoms with Gasteiger partial charge in [-0.15, -0.1) is 11.8 Å². The molecule has 0 fully saturated rings. The van der Waals surface area contributed by atoms with Gasteiger partial charge >= 0.3 is 0 Å². The predicted molar refractivity (Wildman–Crippen MR) is 72.4 cm³/mol. The fourth-order valence-electron chi connectivity index (χ4n) is 1.23. The van der Waals surface area contributed by atoms with Crippen LogP contribution in [0.2, 0.25) is 0 Å². The van der Waals surface area contributed by atoms with Crippen LogP contribution in [-0.4, -0.2) is 14.2 Å². The van der Waals surface area contributed by atoms with E-state index in [1.54, 1.807) is 23.9 Å². The first-order chi connectivity index (χ1) is 7.84. The number of nitrogens with two attached hydrogens (primary N) is 2. The summed E-state index contributed by atoms with van der Waals surface area (Å²) in [5.74, 6) is 1.61. The lowest BCUT2D eigenvalue weighted by molar-refractivity contribution is 0.598. The number of thioether (sulfide) groups is 1. The Balaban J connectivity index is 2.83. The molecular weight excluding hydrogens is 256 g/mol. The molecule has 4 nitrogen and oxygen atoms in total. The number of anilines is 1. The average molecular weight is 274 g/mol. The highest BCUT2D eigenvalue weighted by molar-refractivity contribution is 7.99. The second kappa shape index (κ2) is 5.75. The maximum Gasteiger partial charge on any atom is 0.240 e. The number of rotatable bonds is 5. The van der Waals surface area contributed by atoms with Gasteiger partial charge in [0.25, 0.3) is 0 Å². The zero-order valence-corrected chi connectivity index (χ0v) is 11.6. The Morgan fingerprint density at radius 3 is 2.53 bits per heavy atom. The lowest BCUT2D eigenvalue weighted by Crippen LogP contribution is -2.14. The molecule has 1 aromatic rings. The van der Waals surface area contributed by atoms with E-state index in [1.165, 1.54) is 6.07 Å². The third-order valence-corrected chi connectivity index (χ3v) is 4.83. The van der Waals surface area contributed by atoms with Crippen LogP contribution >= 0.6 is 11.8 Å². The smallest absolute Gasteiger partial charge is 0.240 e. The van der Waals surface area contributed by atoms with Crippen molar-refractivity contribution in [2.75, 3.05) is 11.5 Å². The van der Waals surface area contributed by atoms with Crippen molar-refractivity contribution in [2.24, 2.45) is 11.1 Å². The molecule has 4 N–H and O–H groups in total. The monoisotopic (exact) mass is 274 g/mol. The zero-order chi connectivity index (χ0) is 13.1. The molecule has 0 amide bonds. The molecule has 0 aliphatic heterocycles. The summed E-state index contributed by atoms with van der Waals surface area (Å²) in [6, 6.07) is 4.86. The summed E-state index contributed by atoms with van der Waals surface area (Å²) in [4.78, 5) is 0.959. The molecule has 1 aromatic carbocycles. The Morgan fingerprint density at radius 1 is 1.41 bits per heavy atom. The highest BCUT2D eigenvalue weighted by Crippen LogP contribution is 2.27. The normalized spacial score (nSPS) is 13.6. The number of primary sulfonamides is 1. The third kappa shape index (κ3) is 4.22. The van der Waals surface area contributed by atoms with Crippen molar-refractivity contribution in [3.8, 4) is 0 Å². The molecule has 0 saturated carbocycles. The predicted octanol–water partition coefficient (Wildman–Crippen LogP) is 2.05. The topological polar surface area (TPSA) is 86.2 Å². The number of hydrogen-bond donors (Lipinski definition) is 2. The molecule has 0 radical (unpaired) electrons. The molecule has 0 bridgehead atoms. The Bertz CT molecular complexity index is 486. The van der Waals surface area contributed by atoms with Gasteiger partial charge in [-0.3, -0.25) is 0 Å². The highest BCUT2D eigenvalue weighted by Gasteiger charge is 2.12. The van der Waals surface area contributed by atoms with Gasteiger partial charge in [-0.1, -0.05) is 20.3 Å². The van der Waals surface area contributed by atoms with Crippen molar-refractivity contribution in [3.63, 3.8) is 0 Å². The van der Waals surface area contributed by atoms with Crippen LogP contribution in [-0.2, 0) is 10.0 Å². The number of nitrogen functional groups attached to an aromatic ring is 1. The van der Waals surface area contributed by atoms with Crippen LogP contribution in [0.4, 0.5) is 5.69 Å². The van der Waals surface area contributed by atoms with E-state index < -0.39 is 10.0 Å². The van der Waals surface area contributed by atoms with Crippen molar-refractivity contribution in [2.45, 2.75) is 30.1 Å². The molecule has 0 aliphatic rings. The van der Waals surface area contributed by atoms with Gasteiger partial charge in [0.2, 0.25) is 10.0 Å². The minimum Gasteiger partial charge on any atom is -0.398 e. The van der Waals surface area contributed by atoms with Crippen LogP contribution in [0, 0.1) is 5.92 Å². The maximum atomic E-state index is 11.2. The standard InChI is InChI=1S/C11H18N2O2S2/c1-3-8(2)7-16-9-4-5-11(10(12)6-9)17(13,14)15/h4-6,8H,3,7,12H2,1-2H3,(H2,13,14,15). The van der Waals surface area contributed by atoms with E-state index in [2.05, 4.69) is 13.8 Å². The lowest BCUT2D eigenvalue weighted by Gasteiger charge is -2.09. The molecule has 0 aromatic heterocycles. The third-order valence-electron chi connectivity index (χ3n) is 2.52. The van der Waals surface area contributed by atoms with E-state index in [1.807, 2.05) is 0 Å². The summed E-state index contributed by atoms with van der Waals surface area (Å²) < 4.78 is 22.3. The molecule has 1 rings (SSSR count). The van der Waals surface area contributed by atoms with Gasteiger partial charge in [-0.2, -0.15) is 0 Å². The van der Waals surface area contributed by atoms with Crippen LogP contribution < -0.4 is 10.9 Å². The second-order valence-corrected chi connectivity index (χ2v) is 6.69. The van der Waals surface area contributed by atoms with Crippen molar-refractivity contribution in [1.82, 2.24) is 0 Å². The largest absolute Gasteiger partial charge is 0.398 e. The average Bonchev–Trinajstić information content (AvgIpc) is 2.24. The van der Waals surface area contributed by atoms with Gasteiger partial charge in [0, 0.05) is 10.6 Å². The van der Waals surface area contributed by atoms with E-state index >= 15 is 0 Å². The number of benzene rings is 1. The second-order valence-electron chi connectivity index (χ2n) is 4.07. The van der Waals surface area contributed by atoms with Gasteiger partial charge in [-0.05, 0) is 24.1 Å². The minimum absolute atomic E-state index is 0.00890. The molecular formula is C11H18N2O2S2. The molecule has 96 valence electrons. The van der Waals surface area contributed by atoms with Gasteiger partial charge in [0.15, 0.2) is 0 Å². The van der Waals surface area contributed by atoms with Gasteiger partial charge in [-0.25, -0.2) is 13.6 Å². The van der Waals surface area contributed by atoms with Crippen LogP contribution in [0.1, 0.15) is 20.3 Å². The van der Waals surface area contributed by atoms with E-state index in [-0.39, 0.29) is 10.6 Å². The molecule has 0 aliphatic carbocycles. The summed E-state index contributed by atoms with van der Waals surface area (Å²) in [7, 11) is -3.72. The van der Waals surface area contributed by atoms with E-state index in [0.717, 1.165) is 17.1 Å². The first kappa shape index (κ1) is 14.3. The fourth-order valence-corrected chi connectivity index (χ4v) is 2.96. The van der Waals surface area contributed by atoms with Crippen LogP contribution in [0.5, 0.6) is 0 Å². The molecule has 17 heavy (non-hydrogen) atoms. The van der Waals surface area contributed by atoms with Crippen LogP contribution in [0.3, 0.4) is 0 Å². The Kier molecular flexibility index (Phi) is 4.85. The summed E-state index contributed by atoms with van der Waals surface area (Å²) >= 11 is 1.67. The van der Waals surface area contributed by atoms with Crippen molar-refractivity contribution < 1.29 is 8.42 Å². The fraction of sp³-hybridized carbons (Fsp3) is 0.455. The Labute approximate surface area is 107 Å². The van der Waals surface area contributed by atoms with Crippen molar-refractivity contribution in [1.29, 1.82) is 0 Å². The Morgan fingerprint density at radius 2 is 2.06 bits per heavy atom. The molecule has 0 saturated heterocycles. The quantitative estimate of drug-likeness (QED) is 0.635. The SMILES string of the molecule is CCC(C)CSc1ccc(S(N)(=O)=O)c(N)c1. The molecule has 6 heteroatoms. The van der Waals surface area contributed by atoms with Crippen LogP contribution in [0.15, 0.2) is 28.0 Å². The zero-order valence-electron chi connectivity index (χ0n) is 10.0. The van der Waals surface area contributed by atoms with E-state index in [4.69, 9.17) is 10.9 Å². The van der Waals surface area contributed by atoms with Gasteiger partial charge in [0.1, 0.15) is 4.90 Å². The van der Waals surface area contributed by atoms with Crippen molar-refractivity contribution in [3.05, 3.63) is 18.2 Å². The molecule has 0 heterocycles. The summed E-state index contributed by atoms with van der Waals surface area (Å²) in [6.45, 7) is 4.32. The van der Waals surface area contributed by atoms with Gasteiger partial charge < -0.3 is 5.73 Å². The van der Waals surface area contributed by atoms with Crippen molar-refractivity contribution >= 4 is 27.5 Å². The number of sulfonamides is 1.